The van der Waals surface area contributed by atoms with Gasteiger partial charge < -0.3 is 25.0 Å². The van der Waals surface area contributed by atoms with Gasteiger partial charge in [-0.2, -0.15) is 0 Å². The zero-order valence-electron chi connectivity index (χ0n) is 22.2. The molecule has 6 nitrogen and oxygen atoms in total. The van der Waals surface area contributed by atoms with Crippen LogP contribution in [0.15, 0.2) is 30.3 Å². The second kappa shape index (κ2) is 16.2. The topological polar surface area (TPSA) is 62.8 Å². The molecular formula is C29H49N3O3. The molecule has 2 aliphatic rings. The van der Waals surface area contributed by atoms with E-state index in [9.17, 15) is 4.79 Å². The van der Waals surface area contributed by atoms with Crippen LogP contribution in [0, 0.1) is 11.8 Å². The van der Waals surface area contributed by atoms with E-state index in [0.29, 0.717) is 19.1 Å². The molecule has 0 radical (unpaired) electrons. The summed E-state index contributed by atoms with van der Waals surface area (Å²) in [4.78, 5) is 15.5. The van der Waals surface area contributed by atoms with Crippen LogP contribution in [0.25, 0.3) is 0 Å². The number of ether oxygens (including phenoxy) is 2. The number of carbonyl (C=O) groups excluding carboxylic acids is 1. The molecular weight excluding hydrogens is 438 g/mol. The first-order chi connectivity index (χ1) is 17.2. The van der Waals surface area contributed by atoms with Gasteiger partial charge in [0.25, 0.3) is 0 Å². The van der Waals surface area contributed by atoms with Crippen molar-refractivity contribution < 1.29 is 14.3 Å². The predicted octanol–water partition coefficient (Wildman–Crippen LogP) is 5.54. The van der Waals surface area contributed by atoms with Crippen molar-refractivity contribution in [2.75, 3.05) is 46.5 Å². The lowest BCUT2D eigenvalue weighted by Crippen LogP contribution is -2.52. The van der Waals surface area contributed by atoms with Gasteiger partial charge in [0.2, 0.25) is 0 Å². The molecule has 3 atom stereocenters. The fourth-order valence-electron chi connectivity index (χ4n) is 5.74. The van der Waals surface area contributed by atoms with Crippen LogP contribution in [0.1, 0.15) is 82.8 Å². The van der Waals surface area contributed by atoms with Crippen LogP contribution in [0.4, 0.5) is 4.79 Å². The molecule has 6 heteroatoms. The molecule has 0 aromatic heterocycles. The maximum atomic E-state index is 13.4. The summed E-state index contributed by atoms with van der Waals surface area (Å²) in [5.74, 6) is 1.05. The second-order valence-corrected chi connectivity index (χ2v) is 10.5. The van der Waals surface area contributed by atoms with Crippen molar-refractivity contribution in [1.29, 1.82) is 0 Å². The largest absolute Gasteiger partial charge is 0.385 e. The van der Waals surface area contributed by atoms with E-state index < -0.39 is 0 Å². The Hall–Kier alpha value is -1.63. The summed E-state index contributed by atoms with van der Waals surface area (Å²) in [5, 5.41) is 6.97. The predicted molar refractivity (Wildman–Crippen MR) is 143 cm³/mol. The van der Waals surface area contributed by atoms with Gasteiger partial charge in [-0.15, -0.1) is 0 Å². The lowest BCUT2D eigenvalue weighted by atomic mass is 9.84. The van der Waals surface area contributed by atoms with E-state index in [1.807, 2.05) is 11.0 Å². The molecule has 3 rings (SSSR count). The third kappa shape index (κ3) is 9.74. The minimum atomic E-state index is 0.00733. The van der Waals surface area contributed by atoms with E-state index in [-0.39, 0.29) is 18.2 Å². The molecule has 1 saturated heterocycles. The first-order valence-corrected chi connectivity index (χ1v) is 14.1. The van der Waals surface area contributed by atoms with Gasteiger partial charge in [0.1, 0.15) is 0 Å². The molecule has 0 spiro atoms. The van der Waals surface area contributed by atoms with Gasteiger partial charge in [0.05, 0.1) is 6.10 Å². The number of methoxy groups -OCH3 is 1. The molecule has 35 heavy (non-hydrogen) atoms. The Labute approximate surface area is 213 Å². The van der Waals surface area contributed by atoms with Crippen molar-refractivity contribution in [1.82, 2.24) is 15.5 Å². The lowest BCUT2D eigenvalue weighted by Gasteiger charge is -2.38. The molecule has 1 aliphatic heterocycles. The smallest absolute Gasteiger partial charge is 0.317 e. The summed E-state index contributed by atoms with van der Waals surface area (Å²) in [7, 11) is 1.73. The molecule has 1 heterocycles. The average Bonchev–Trinajstić information content (AvgIpc) is 2.90. The van der Waals surface area contributed by atoms with Crippen LogP contribution < -0.4 is 10.6 Å². The number of carbonyl (C=O) groups is 1. The van der Waals surface area contributed by atoms with Gasteiger partial charge >= 0.3 is 6.03 Å². The van der Waals surface area contributed by atoms with Crippen LogP contribution in [0.3, 0.4) is 0 Å². The van der Waals surface area contributed by atoms with Crippen LogP contribution in [0.2, 0.25) is 0 Å². The molecule has 2 N–H and O–H groups in total. The fraction of sp³-hybridized carbons (Fsp3) is 0.759. The molecule has 1 saturated carbocycles. The standard InChI is InChI=1S/C29H49N3O3/c1-3-17-30-22-27(21-24-12-6-4-7-13-24)31-29(33)32-18-10-16-26(23-32)28(35-20-11-19-34-2)25-14-8-5-9-15-25/h5,8-9,14-15,24,26-28,30H,3-4,6-7,10-13,16-23H2,1-2H3,(H,31,33)/t26-,27?,28+/m1/s1. The van der Waals surface area contributed by atoms with E-state index in [2.05, 4.69) is 41.8 Å². The Morgan fingerprint density at radius 3 is 2.63 bits per heavy atom. The van der Waals surface area contributed by atoms with E-state index in [1.165, 1.54) is 37.7 Å². The van der Waals surface area contributed by atoms with E-state index in [4.69, 9.17) is 9.47 Å². The number of rotatable bonds is 14. The normalized spacial score (nSPS) is 21.0. The number of hydrogen-bond acceptors (Lipinski definition) is 4. The van der Waals surface area contributed by atoms with Crippen molar-refractivity contribution in [3.05, 3.63) is 35.9 Å². The van der Waals surface area contributed by atoms with Crippen molar-refractivity contribution >= 4 is 6.03 Å². The number of piperidine rings is 1. The number of urea groups is 1. The minimum absolute atomic E-state index is 0.00733. The first-order valence-electron chi connectivity index (χ1n) is 14.1. The summed E-state index contributed by atoms with van der Waals surface area (Å²) in [6.07, 6.45) is 11.9. The summed E-state index contributed by atoms with van der Waals surface area (Å²) in [6.45, 7) is 7.00. The molecule has 1 aromatic carbocycles. The summed E-state index contributed by atoms with van der Waals surface area (Å²) < 4.78 is 11.6. The third-order valence-electron chi connectivity index (χ3n) is 7.58. The zero-order chi connectivity index (χ0) is 24.7. The van der Waals surface area contributed by atoms with E-state index in [1.54, 1.807) is 7.11 Å². The average molecular weight is 488 g/mol. The zero-order valence-corrected chi connectivity index (χ0v) is 22.2. The van der Waals surface area contributed by atoms with Gasteiger partial charge in [-0.25, -0.2) is 4.79 Å². The Morgan fingerprint density at radius 1 is 1.09 bits per heavy atom. The summed E-state index contributed by atoms with van der Waals surface area (Å²) in [5.41, 5.74) is 1.20. The number of nitrogens with one attached hydrogen (secondary N) is 2. The Kier molecular flexibility index (Phi) is 12.9. The first kappa shape index (κ1) is 27.9. The van der Waals surface area contributed by atoms with E-state index in [0.717, 1.165) is 64.2 Å². The number of hydrogen-bond donors (Lipinski definition) is 2. The molecule has 2 amide bonds. The molecule has 1 unspecified atom stereocenters. The molecule has 2 fully saturated rings. The summed E-state index contributed by atoms with van der Waals surface area (Å²) in [6, 6.07) is 10.8. The Balaban J connectivity index is 1.60. The van der Waals surface area contributed by atoms with Gasteiger partial charge in [0.15, 0.2) is 0 Å². The van der Waals surface area contributed by atoms with E-state index >= 15 is 0 Å². The highest BCUT2D eigenvalue weighted by Gasteiger charge is 2.32. The highest BCUT2D eigenvalue weighted by atomic mass is 16.5. The second-order valence-electron chi connectivity index (χ2n) is 10.5. The fourth-order valence-corrected chi connectivity index (χ4v) is 5.74. The van der Waals surface area contributed by atoms with Crippen LogP contribution in [-0.2, 0) is 9.47 Å². The van der Waals surface area contributed by atoms with Gasteiger partial charge in [0, 0.05) is 51.9 Å². The third-order valence-corrected chi connectivity index (χ3v) is 7.58. The molecule has 0 bridgehead atoms. The Bertz CT molecular complexity index is 696. The highest BCUT2D eigenvalue weighted by molar-refractivity contribution is 5.74. The molecule has 1 aromatic rings. The van der Waals surface area contributed by atoms with Gasteiger partial charge in [-0.05, 0) is 50.1 Å². The van der Waals surface area contributed by atoms with Crippen molar-refractivity contribution in [2.24, 2.45) is 11.8 Å². The summed E-state index contributed by atoms with van der Waals surface area (Å²) >= 11 is 0. The SMILES string of the molecule is CCCNCC(CC1CCCCC1)NC(=O)N1CCC[C@@H]([C@@H](OCCCOC)c2ccccc2)C1. The minimum Gasteiger partial charge on any atom is -0.385 e. The van der Waals surface area contributed by atoms with Crippen LogP contribution >= 0.6 is 0 Å². The molecule has 198 valence electrons. The van der Waals surface area contributed by atoms with Crippen molar-refractivity contribution in [2.45, 2.75) is 83.3 Å². The van der Waals surface area contributed by atoms with Gasteiger partial charge in [-0.3, -0.25) is 0 Å². The monoisotopic (exact) mass is 487 g/mol. The maximum Gasteiger partial charge on any atom is 0.317 e. The van der Waals surface area contributed by atoms with Crippen LogP contribution in [0.5, 0.6) is 0 Å². The maximum absolute atomic E-state index is 13.4. The lowest BCUT2D eigenvalue weighted by molar-refractivity contribution is -0.0168. The van der Waals surface area contributed by atoms with Gasteiger partial charge in [-0.1, -0.05) is 69.4 Å². The molecule has 1 aliphatic carbocycles. The Morgan fingerprint density at radius 2 is 1.89 bits per heavy atom. The number of likely N-dealkylation sites (tertiary alicyclic amines) is 1. The van der Waals surface area contributed by atoms with Crippen molar-refractivity contribution in [3.8, 4) is 0 Å². The van der Waals surface area contributed by atoms with Crippen LogP contribution in [-0.4, -0.2) is 63.5 Å². The number of benzene rings is 1. The van der Waals surface area contributed by atoms with Crippen molar-refractivity contribution in [3.63, 3.8) is 0 Å². The quantitative estimate of drug-likeness (QED) is 0.338. The highest BCUT2D eigenvalue weighted by Crippen LogP contribution is 2.33. The number of nitrogens with zero attached hydrogens (tertiary/aromatic N) is 1. The number of amides is 2.